The molecule has 24 heavy (non-hydrogen) atoms. The number of nitrogens with zero attached hydrogens (tertiary/aromatic N) is 3. The Labute approximate surface area is 141 Å². The summed E-state index contributed by atoms with van der Waals surface area (Å²) in [6, 6.07) is 9.71. The molecule has 1 unspecified atom stereocenters. The van der Waals surface area contributed by atoms with Crippen molar-refractivity contribution in [2.24, 2.45) is 5.92 Å². The number of aromatic nitrogens is 2. The van der Waals surface area contributed by atoms with Crippen LogP contribution >= 0.6 is 0 Å². The summed E-state index contributed by atoms with van der Waals surface area (Å²) in [5, 5.41) is 13.7. The number of hydrogen-bond donors (Lipinski definition) is 1. The van der Waals surface area contributed by atoms with Crippen molar-refractivity contribution in [3.8, 4) is 5.69 Å². The maximum atomic E-state index is 12.2. The third-order valence-corrected chi connectivity index (χ3v) is 4.30. The molecule has 6 heteroatoms. The highest BCUT2D eigenvalue weighted by Crippen LogP contribution is 2.21. The van der Waals surface area contributed by atoms with E-state index in [1.165, 1.54) is 0 Å². The molecule has 128 valence electrons. The Morgan fingerprint density at radius 2 is 2.17 bits per heavy atom. The number of esters is 1. The summed E-state index contributed by atoms with van der Waals surface area (Å²) >= 11 is 0. The smallest absolute Gasteiger partial charge is 0.359 e. The summed E-state index contributed by atoms with van der Waals surface area (Å²) in [5.74, 6) is -0.0692. The van der Waals surface area contributed by atoms with Gasteiger partial charge in [0, 0.05) is 31.5 Å². The number of carbonyl (C=O) groups is 1. The maximum Gasteiger partial charge on any atom is 0.359 e. The van der Waals surface area contributed by atoms with Gasteiger partial charge >= 0.3 is 5.97 Å². The molecular weight excluding hydrogens is 306 g/mol. The zero-order chi connectivity index (χ0) is 16.9. The first kappa shape index (κ1) is 16.7. The largest absolute Gasteiger partial charge is 0.461 e. The topological polar surface area (TPSA) is 67.6 Å². The first-order valence-electron chi connectivity index (χ1n) is 8.35. The van der Waals surface area contributed by atoms with Crippen LogP contribution in [0.3, 0.4) is 0 Å². The van der Waals surface area contributed by atoms with Crippen LogP contribution in [-0.2, 0) is 11.3 Å². The van der Waals surface area contributed by atoms with E-state index in [0.29, 0.717) is 24.8 Å². The van der Waals surface area contributed by atoms with Crippen LogP contribution < -0.4 is 0 Å². The molecule has 6 nitrogen and oxygen atoms in total. The molecule has 1 aliphatic heterocycles. The van der Waals surface area contributed by atoms with Crippen molar-refractivity contribution in [1.82, 2.24) is 14.7 Å². The van der Waals surface area contributed by atoms with Crippen LogP contribution in [0.5, 0.6) is 0 Å². The molecule has 0 aliphatic carbocycles. The molecule has 1 saturated heterocycles. The van der Waals surface area contributed by atoms with Crippen LogP contribution in [-0.4, -0.2) is 52.1 Å². The van der Waals surface area contributed by atoms with Gasteiger partial charge in [-0.2, -0.15) is 5.10 Å². The number of para-hydroxylation sites is 1. The lowest BCUT2D eigenvalue weighted by molar-refractivity contribution is 0.0516. The van der Waals surface area contributed by atoms with E-state index in [4.69, 9.17) is 4.74 Å². The minimum Gasteiger partial charge on any atom is -0.461 e. The predicted octanol–water partition coefficient (Wildman–Crippen LogP) is 1.86. The van der Waals surface area contributed by atoms with Gasteiger partial charge in [-0.3, -0.25) is 4.90 Å². The van der Waals surface area contributed by atoms with Gasteiger partial charge < -0.3 is 9.84 Å². The van der Waals surface area contributed by atoms with Crippen LogP contribution in [0.4, 0.5) is 0 Å². The van der Waals surface area contributed by atoms with Crippen molar-refractivity contribution in [3.63, 3.8) is 0 Å². The Kier molecular flexibility index (Phi) is 5.27. The molecule has 0 saturated carbocycles. The van der Waals surface area contributed by atoms with Crippen LogP contribution in [0, 0.1) is 5.92 Å². The fourth-order valence-corrected chi connectivity index (χ4v) is 3.06. The van der Waals surface area contributed by atoms with Crippen molar-refractivity contribution in [1.29, 1.82) is 0 Å². The van der Waals surface area contributed by atoms with Gasteiger partial charge in [0.15, 0.2) is 5.69 Å². The van der Waals surface area contributed by atoms with Gasteiger partial charge in [-0.15, -0.1) is 0 Å². The van der Waals surface area contributed by atoms with Gasteiger partial charge in [0.25, 0.3) is 0 Å². The van der Waals surface area contributed by atoms with E-state index in [-0.39, 0.29) is 12.6 Å². The lowest BCUT2D eigenvalue weighted by atomic mass is 10.1. The molecule has 1 aliphatic rings. The second kappa shape index (κ2) is 7.59. The maximum absolute atomic E-state index is 12.2. The molecule has 0 spiro atoms. The highest BCUT2D eigenvalue weighted by Gasteiger charge is 2.25. The zero-order valence-corrected chi connectivity index (χ0v) is 13.9. The molecule has 0 amide bonds. The minimum atomic E-state index is -0.389. The summed E-state index contributed by atoms with van der Waals surface area (Å²) in [4.78, 5) is 14.5. The molecule has 3 rings (SSSR count). The normalized spacial score (nSPS) is 18.0. The van der Waals surface area contributed by atoms with Crippen LogP contribution in [0.25, 0.3) is 5.69 Å². The fraction of sp³-hybridized carbons (Fsp3) is 0.444. The van der Waals surface area contributed by atoms with Gasteiger partial charge in [0.05, 0.1) is 12.3 Å². The van der Waals surface area contributed by atoms with Gasteiger partial charge in [-0.1, -0.05) is 18.2 Å². The number of aliphatic hydroxyl groups excluding tert-OH is 1. The van der Waals surface area contributed by atoms with Crippen LogP contribution in [0.2, 0.25) is 0 Å². The predicted molar refractivity (Wildman–Crippen MR) is 90.0 cm³/mol. The second-order valence-electron chi connectivity index (χ2n) is 6.08. The van der Waals surface area contributed by atoms with Gasteiger partial charge in [0.1, 0.15) is 0 Å². The summed E-state index contributed by atoms with van der Waals surface area (Å²) in [6.07, 6.45) is 2.88. The van der Waals surface area contributed by atoms with E-state index < -0.39 is 0 Å². The molecular formula is C18H23N3O3. The van der Waals surface area contributed by atoms with E-state index in [1.54, 1.807) is 11.6 Å². The standard InChI is InChI=1S/C18H23N3O3/c1-2-24-18(23)17-15(11-20-9-8-14(10-20)13-22)12-21(19-17)16-6-4-3-5-7-16/h3-7,12,14,22H,2,8-11,13H2,1H3. The second-order valence-corrected chi connectivity index (χ2v) is 6.08. The van der Waals surface area contributed by atoms with E-state index in [0.717, 1.165) is 30.8 Å². The lowest BCUT2D eigenvalue weighted by Gasteiger charge is -2.14. The Hall–Kier alpha value is -2.18. The number of likely N-dealkylation sites (tertiary alicyclic amines) is 1. The quantitative estimate of drug-likeness (QED) is 0.820. The Balaban J connectivity index is 1.85. The number of hydrogen-bond acceptors (Lipinski definition) is 5. The minimum absolute atomic E-state index is 0.213. The molecule has 2 heterocycles. The van der Waals surface area contributed by atoms with Crippen molar-refractivity contribution in [2.45, 2.75) is 19.9 Å². The summed E-state index contributed by atoms with van der Waals surface area (Å²) < 4.78 is 6.87. The van der Waals surface area contributed by atoms with Crippen molar-refractivity contribution in [3.05, 3.63) is 47.8 Å². The third kappa shape index (κ3) is 3.66. The Morgan fingerprint density at radius 3 is 2.83 bits per heavy atom. The fourth-order valence-electron chi connectivity index (χ4n) is 3.06. The third-order valence-electron chi connectivity index (χ3n) is 4.30. The highest BCUT2D eigenvalue weighted by molar-refractivity contribution is 5.88. The summed E-state index contributed by atoms with van der Waals surface area (Å²) in [5.41, 5.74) is 2.13. The van der Waals surface area contributed by atoms with Crippen molar-refractivity contribution >= 4 is 5.97 Å². The van der Waals surface area contributed by atoms with E-state index in [1.807, 2.05) is 36.5 Å². The summed E-state index contributed by atoms with van der Waals surface area (Å²) in [7, 11) is 0. The Morgan fingerprint density at radius 1 is 1.38 bits per heavy atom. The molecule has 1 aromatic carbocycles. The highest BCUT2D eigenvalue weighted by atomic mass is 16.5. The number of ether oxygens (including phenoxy) is 1. The van der Waals surface area contributed by atoms with E-state index in [9.17, 15) is 9.90 Å². The average molecular weight is 329 g/mol. The van der Waals surface area contributed by atoms with Crippen molar-refractivity contribution < 1.29 is 14.6 Å². The first-order valence-corrected chi connectivity index (χ1v) is 8.35. The molecule has 2 aromatic rings. The molecule has 0 radical (unpaired) electrons. The van der Waals surface area contributed by atoms with Gasteiger partial charge in [0.2, 0.25) is 0 Å². The average Bonchev–Trinajstić information content (AvgIpc) is 3.23. The van der Waals surface area contributed by atoms with Crippen LogP contribution in [0.1, 0.15) is 29.4 Å². The summed E-state index contributed by atoms with van der Waals surface area (Å²) in [6.45, 7) is 4.73. The van der Waals surface area contributed by atoms with Gasteiger partial charge in [-0.05, 0) is 37.9 Å². The van der Waals surface area contributed by atoms with Crippen LogP contribution in [0.15, 0.2) is 36.5 Å². The number of benzene rings is 1. The molecule has 1 atom stereocenters. The molecule has 1 aromatic heterocycles. The Bertz CT molecular complexity index is 684. The number of aliphatic hydroxyl groups is 1. The van der Waals surface area contributed by atoms with E-state index >= 15 is 0 Å². The molecule has 1 N–H and O–H groups in total. The van der Waals surface area contributed by atoms with E-state index in [2.05, 4.69) is 10.00 Å². The van der Waals surface area contributed by atoms with Crippen molar-refractivity contribution in [2.75, 3.05) is 26.3 Å². The lowest BCUT2D eigenvalue weighted by Crippen LogP contribution is -2.22. The molecule has 1 fully saturated rings. The van der Waals surface area contributed by atoms with Gasteiger partial charge in [-0.25, -0.2) is 9.48 Å². The monoisotopic (exact) mass is 329 g/mol. The SMILES string of the molecule is CCOC(=O)c1nn(-c2ccccc2)cc1CN1CCC(CO)C1. The first-order chi connectivity index (χ1) is 11.7. The number of rotatable bonds is 6. The zero-order valence-electron chi connectivity index (χ0n) is 13.9. The molecule has 0 bridgehead atoms. The number of carbonyl (C=O) groups excluding carboxylic acids is 1.